The molecule has 0 bridgehead atoms. The molecule has 0 radical (unpaired) electrons. The normalized spacial score (nSPS) is 19.5. The summed E-state index contributed by atoms with van der Waals surface area (Å²) in [7, 11) is 0. The van der Waals surface area contributed by atoms with Crippen molar-refractivity contribution < 1.29 is 9.53 Å². The Morgan fingerprint density at radius 1 is 1.56 bits per heavy atom. The predicted molar refractivity (Wildman–Crippen MR) is 69.8 cm³/mol. The fourth-order valence-electron chi connectivity index (χ4n) is 2.04. The van der Waals surface area contributed by atoms with Gasteiger partial charge in [-0.25, -0.2) is 0 Å². The summed E-state index contributed by atoms with van der Waals surface area (Å²) in [5.74, 6) is -0.154. The molecule has 18 heavy (non-hydrogen) atoms. The van der Waals surface area contributed by atoms with Gasteiger partial charge in [0.2, 0.25) is 0 Å². The van der Waals surface area contributed by atoms with Crippen LogP contribution in [-0.4, -0.2) is 30.1 Å². The molecule has 0 spiro atoms. The molecular formula is C13H17ClN2O2. The molecule has 5 heteroatoms. The summed E-state index contributed by atoms with van der Waals surface area (Å²) in [5.41, 5.74) is 0.469. The van der Waals surface area contributed by atoms with Gasteiger partial charge >= 0.3 is 0 Å². The van der Waals surface area contributed by atoms with E-state index in [1.807, 2.05) is 0 Å². The highest BCUT2D eigenvalue weighted by molar-refractivity contribution is 6.33. The van der Waals surface area contributed by atoms with E-state index in [4.69, 9.17) is 16.3 Å². The van der Waals surface area contributed by atoms with Crippen LogP contribution in [0.5, 0.6) is 0 Å². The molecule has 1 N–H and O–H groups in total. The molecule has 2 rings (SSSR count). The van der Waals surface area contributed by atoms with Crippen LogP contribution in [0.4, 0.5) is 0 Å². The van der Waals surface area contributed by atoms with E-state index < -0.39 is 0 Å². The van der Waals surface area contributed by atoms with Gasteiger partial charge in [-0.3, -0.25) is 9.78 Å². The van der Waals surface area contributed by atoms with Crippen molar-refractivity contribution in [2.45, 2.75) is 31.8 Å². The average molecular weight is 269 g/mol. The summed E-state index contributed by atoms with van der Waals surface area (Å²) in [6.45, 7) is 1.46. The summed E-state index contributed by atoms with van der Waals surface area (Å²) < 4.78 is 5.60. The first-order chi connectivity index (χ1) is 8.77. The van der Waals surface area contributed by atoms with Gasteiger partial charge in [0.25, 0.3) is 5.91 Å². The maximum Gasteiger partial charge on any atom is 0.252 e. The molecule has 1 aromatic heterocycles. The van der Waals surface area contributed by atoms with Gasteiger partial charge in [-0.15, -0.1) is 0 Å². The number of carbonyl (C=O) groups is 1. The number of rotatable bonds is 4. The van der Waals surface area contributed by atoms with Gasteiger partial charge in [0, 0.05) is 25.5 Å². The number of halogens is 1. The average Bonchev–Trinajstić information content (AvgIpc) is 2.40. The molecule has 1 aliphatic heterocycles. The molecule has 1 amide bonds. The molecule has 1 unspecified atom stereocenters. The van der Waals surface area contributed by atoms with Crippen molar-refractivity contribution in [2.24, 2.45) is 0 Å². The van der Waals surface area contributed by atoms with E-state index in [1.54, 1.807) is 12.3 Å². The largest absolute Gasteiger partial charge is 0.378 e. The van der Waals surface area contributed by atoms with E-state index in [9.17, 15) is 4.79 Å². The molecule has 1 fully saturated rings. The number of nitrogens with zero attached hydrogens (tertiary/aromatic N) is 1. The zero-order valence-electron chi connectivity index (χ0n) is 10.2. The lowest BCUT2D eigenvalue weighted by atomic mass is 10.1. The monoisotopic (exact) mass is 268 g/mol. The molecule has 1 aromatic rings. The van der Waals surface area contributed by atoms with Crippen LogP contribution >= 0.6 is 11.6 Å². The number of amides is 1. The molecule has 2 heterocycles. The first kappa shape index (κ1) is 13.3. The van der Waals surface area contributed by atoms with Crippen molar-refractivity contribution in [1.82, 2.24) is 10.3 Å². The third-order valence-corrected chi connectivity index (χ3v) is 3.34. The van der Waals surface area contributed by atoms with E-state index >= 15 is 0 Å². The van der Waals surface area contributed by atoms with E-state index in [-0.39, 0.29) is 12.0 Å². The molecule has 1 saturated heterocycles. The van der Waals surface area contributed by atoms with Gasteiger partial charge < -0.3 is 10.1 Å². The molecule has 98 valence electrons. The van der Waals surface area contributed by atoms with Crippen LogP contribution in [0.1, 0.15) is 36.0 Å². The quantitative estimate of drug-likeness (QED) is 0.912. The lowest BCUT2D eigenvalue weighted by molar-refractivity contribution is 0.0117. The minimum atomic E-state index is -0.154. The van der Waals surface area contributed by atoms with Crippen LogP contribution < -0.4 is 5.32 Å². The van der Waals surface area contributed by atoms with Crippen LogP contribution in [0.3, 0.4) is 0 Å². The lowest BCUT2D eigenvalue weighted by Gasteiger charge is -2.22. The maximum absolute atomic E-state index is 11.8. The van der Waals surface area contributed by atoms with Gasteiger partial charge in [0.15, 0.2) is 0 Å². The van der Waals surface area contributed by atoms with E-state index in [0.717, 1.165) is 25.9 Å². The summed E-state index contributed by atoms with van der Waals surface area (Å²) in [5, 5.41) is 3.23. The summed E-state index contributed by atoms with van der Waals surface area (Å²) in [6, 6.07) is 1.62. The van der Waals surface area contributed by atoms with Crippen LogP contribution in [0, 0.1) is 0 Å². The number of pyridine rings is 1. The molecule has 0 saturated carbocycles. The SMILES string of the molecule is O=C(NCCC1CCCCO1)c1ccncc1Cl. The van der Waals surface area contributed by atoms with Crippen molar-refractivity contribution in [1.29, 1.82) is 0 Å². The summed E-state index contributed by atoms with van der Waals surface area (Å²) >= 11 is 5.90. The number of carbonyl (C=O) groups excluding carboxylic acids is 1. The second-order valence-corrected chi connectivity index (χ2v) is 4.80. The second-order valence-electron chi connectivity index (χ2n) is 4.39. The first-order valence-corrected chi connectivity index (χ1v) is 6.64. The topological polar surface area (TPSA) is 51.2 Å². The van der Waals surface area contributed by atoms with Gasteiger partial charge in [0.1, 0.15) is 0 Å². The van der Waals surface area contributed by atoms with Gasteiger partial charge in [-0.05, 0) is 31.7 Å². The standard InChI is InChI=1S/C13H17ClN2O2/c14-12-9-15-6-5-11(12)13(17)16-7-4-10-3-1-2-8-18-10/h5-6,9-10H,1-4,7-8H2,(H,16,17). The Balaban J connectivity index is 1.76. The minimum Gasteiger partial charge on any atom is -0.378 e. The Hall–Kier alpha value is -1.13. The van der Waals surface area contributed by atoms with Crippen LogP contribution in [0.25, 0.3) is 0 Å². The number of aromatic nitrogens is 1. The van der Waals surface area contributed by atoms with E-state index in [2.05, 4.69) is 10.3 Å². The Morgan fingerprint density at radius 3 is 3.17 bits per heavy atom. The Labute approximate surface area is 112 Å². The zero-order chi connectivity index (χ0) is 12.8. The summed E-state index contributed by atoms with van der Waals surface area (Å²) in [4.78, 5) is 15.7. The van der Waals surface area contributed by atoms with Gasteiger partial charge in [-0.2, -0.15) is 0 Å². The number of hydrogen-bond acceptors (Lipinski definition) is 3. The fourth-order valence-corrected chi connectivity index (χ4v) is 2.24. The minimum absolute atomic E-state index is 0.154. The molecule has 0 aromatic carbocycles. The molecule has 4 nitrogen and oxygen atoms in total. The number of nitrogens with one attached hydrogen (secondary N) is 1. The van der Waals surface area contributed by atoms with Gasteiger partial charge in [-0.1, -0.05) is 11.6 Å². The highest BCUT2D eigenvalue weighted by Gasteiger charge is 2.14. The molecule has 1 aliphatic rings. The van der Waals surface area contributed by atoms with Crippen LogP contribution in [0.15, 0.2) is 18.5 Å². The van der Waals surface area contributed by atoms with Gasteiger partial charge in [0.05, 0.1) is 16.7 Å². The van der Waals surface area contributed by atoms with Crippen molar-refractivity contribution >= 4 is 17.5 Å². The summed E-state index contributed by atoms with van der Waals surface area (Å²) in [6.07, 6.45) is 7.63. The van der Waals surface area contributed by atoms with Crippen molar-refractivity contribution in [2.75, 3.05) is 13.2 Å². The molecule has 0 aliphatic carbocycles. The number of ether oxygens (including phenoxy) is 1. The second kappa shape index (κ2) is 6.71. The van der Waals surface area contributed by atoms with E-state index in [1.165, 1.54) is 12.6 Å². The zero-order valence-corrected chi connectivity index (χ0v) is 10.9. The van der Waals surface area contributed by atoms with Crippen molar-refractivity contribution in [3.63, 3.8) is 0 Å². The molecule has 1 atom stereocenters. The van der Waals surface area contributed by atoms with Crippen molar-refractivity contribution in [3.05, 3.63) is 29.0 Å². The Morgan fingerprint density at radius 2 is 2.44 bits per heavy atom. The third kappa shape index (κ3) is 3.68. The Kier molecular flexibility index (Phi) is 4.96. The van der Waals surface area contributed by atoms with Crippen molar-refractivity contribution in [3.8, 4) is 0 Å². The predicted octanol–water partition coefficient (Wildman–Crippen LogP) is 2.42. The third-order valence-electron chi connectivity index (χ3n) is 3.04. The lowest BCUT2D eigenvalue weighted by Crippen LogP contribution is -2.29. The Bertz CT molecular complexity index is 406. The highest BCUT2D eigenvalue weighted by Crippen LogP contribution is 2.15. The van der Waals surface area contributed by atoms with E-state index in [0.29, 0.717) is 17.1 Å². The molecular weight excluding hydrogens is 252 g/mol. The highest BCUT2D eigenvalue weighted by atomic mass is 35.5. The maximum atomic E-state index is 11.8. The first-order valence-electron chi connectivity index (χ1n) is 6.26. The van der Waals surface area contributed by atoms with Crippen LogP contribution in [-0.2, 0) is 4.74 Å². The smallest absolute Gasteiger partial charge is 0.252 e. The fraction of sp³-hybridized carbons (Fsp3) is 0.538. The van der Waals surface area contributed by atoms with Crippen LogP contribution in [0.2, 0.25) is 5.02 Å². The number of hydrogen-bond donors (Lipinski definition) is 1.